The van der Waals surface area contributed by atoms with Gasteiger partial charge in [-0.25, -0.2) is 8.78 Å². The number of Topliss-reactive ketones (excluding diaryl/α,β-unsaturated/α-hetero) is 1. The first kappa shape index (κ1) is 22.3. The summed E-state index contributed by atoms with van der Waals surface area (Å²) in [6, 6.07) is 0. The molecular weight excluding hydrogens is 422 g/mol. The van der Waals surface area contributed by atoms with Crippen molar-refractivity contribution in [2.24, 2.45) is 22.7 Å². The van der Waals surface area contributed by atoms with Crippen LogP contribution in [-0.4, -0.2) is 63.8 Å². The lowest BCUT2D eigenvalue weighted by Crippen LogP contribution is -2.71. The third kappa shape index (κ3) is 2.32. The maximum atomic E-state index is 17.1. The van der Waals surface area contributed by atoms with Crippen LogP contribution in [0.3, 0.4) is 0 Å². The highest BCUT2D eigenvalue weighted by molar-refractivity contribution is 6.01. The van der Waals surface area contributed by atoms with Crippen molar-refractivity contribution in [3.63, 3.8) is 0 Å². The van der Waals surface area contributed by atoms with Crippen LogP contribution in [0.2, 0.25) is 0 Å². The van der Waals surface area contributed by atoms with Crippen molar-refractivity contribution in [1.82, 2.24) is 0 Å². The second kappa shape index (κ2) is 6.34. The molecule has 5 rings (SSSR count). The Balaban J connectivity index is 1.66. The van der Waals surface area contributed by atoms with Gasteiger partial charge in [-0.2, -0.15) is 0 Å². The first-order valence-corrected chi connectivity index (χ1v) is 11.3. The number of ketones is 2. The van der Waals surface area contributed by atoms with E-state index in [-0.39, 0.29) is 24.8 Å². The molecule has 0 aromatic heterocycles. The van der Waals surface area contributed by atoms with Crippen LogP contribution in [0.1, 0.15) is 47.0 Å². The lowest BCUT2D eigenvalue weighted by Gasteiger charge is -2.63. The summed E-state index contributed by atoms with van der Waals surface area (Å²) in [6.07, 6.45) is -0.151. The van der Waals surface area contributed by atoms with E-state index in [4.69, 9.17) is 9.47 Å². The van der Waals surface area contributed by atoms with Crippen molar-refractivity contribution in [3.05, 3.63) is 23.8 Å². The number of hydrogen-bond acceptors (Lipinski definition) is 6. The molecule has 1 heterocycles. The van der Waals surface area contributed by atoms with Gasteiger partial charge >= 0.3 is 0 Å². The zero-order chi connectivity index (χ0) is 23.5. The maximum absolute atomic E-state index is 17.1. The van der Waals surface area contributed by atoms with E-state index in [1.54, 1.807) is 20.8 Å². The Morgan fingerprint density at radius 1 is 1.22 bits per heavy atom. The lowest BCUT2D eigenvalue weighted by molar-refractivity contribution is -0.248. The van der Waals surface area contributed by atoms with Gasteiger partial charge in [0.2, 0.25) is 0 Å². The average molecular weight is 452 g/mol. The van der Waals surface area contributed by atoms with Gasteiger partial charge in [0.05, 0.1) is 12.2 Å². The minimum absolute atomic E-state index is 0.0550. The van der Waals surface area contributed by atoms with Gasteiger partial charge in [-0.15, -0.1) is 0 Å². The fourth-order valence-corrected chi connectivity index (χ4v) is 7.92. The van der Waals surface area contributed by atoms with Gasteiger partial charge < -0.3 is 19.7 Å². The summed E-state index contributed by atoms with van der Waals surface area (Å²) >= 11 is 0. The van der Waals surface area contributed by atoms with Crippen LogP contribution in [0.25, 0.3) is 0 Å². The molecule has 0 radical (unpaired) electrons. The molecule has 0 aromatic carbocycles. The molecule has 0 aromatic rings. The predicted octanol–water partition coefficient (Wildman–Crippen LogP) is 2.37. The summed E-state index contributed by atoms with van der Waals surface area (Å²) in [5.41, 5.74) is -6.30. The molecule has 4 aliphatic carbocycles. The SMILES string of the molecule is CC1(C)O[C@@H]2C[C@@H]3[C@H]4C[C@@H](F)C5=CC(=O)C=C[C@]5(C)[C@@]4(F)[C@@H](O)C[C@]3(C)[C@]2(C(=O)CO)O1. The van der Waals surface area contributed by atoms with Gasteiger partial charge in [0.1, 0.15) is 12.8 Å². The minimum atomic E-state index is -2.24. The van der Waals surface area contributed by atoms with Crippen LogP contribution in [-0.2, 0) is 19.1 Å². The molecule has 0 amide bonds. The van der Waals surface area contributed by atoms with E-state index in [2.05, 4.69) is 0 Å². The first-order chi connectivity index (χ1) is 14.8. The number of carbonyl (C=O) groups excluding carboxylic acids is 2. The minimum Gasteiger partial charge on any atom is -0.390 e. The standard InChI is InChI=1S/C24H30F2O6/c1-20(2)31-19-9-13-14-8-16(25)15-7-12(28)5-6-21(15,3)23(14,26)17(29)10-22(13,4)24(19,32-20)18(30)11-27/h5-7,13-14,16-17,19,27,29H,8-11H2,1-4H3/t13-,14-,16-,17+,19-,21+,22+,23+,24-/m1/s1. The van der Waals surface area contributed by atoms with Crippen molar-refractivity contribution < 1.29 is 38.1 Å². The van der Waals surface area contributed by atoms with E-state index in [0.717, 1.165) is 6.08 Å². The molecule has 0 unspecified atom stereocenters. The van der Waals surface area contributed by atoms with Gasteiger partial charge in [-0.1, -0.05) is 13.0 Å². The molecule has 2 N–H and O–H groups in total. The zero-order valence-electron chi connectivity index (χ0n) is 18.7. The van der Waals surface area contributed by atoms with Crippen molar-refractivity contribution in [2.75, 3.05) is 6.61 Å². The fraction of sp³-hybridized carbons (Fsp3) is 0.750. The molecule has 9 atom stereocenters. The van der Waals surface area contributed by atoms with Crippen molar-refractivity contribution in [1.29, 1.82) is 0 Å². The van der Waals surface area contributed by atoms with Crippen LogP contribution in [0, 0.1) is 22.7 Å². The maximum Gasteiger partial charge on any atom is 0.193 e. The topological polar surface area (TPSA) is 93.1 Å². The largest absolute Gasteiger partial charge is 0.390 e. The molecule has 4 fully saturated rings. The Kier molecular flexibility index (Phi) is 4.42. The highest BCUT2D eigenvalue weighted by atomic mass is 19.1. The monoisotopic (exact) mass is 452 g/mol. The summed E-state index contributed by atoms with van der Waals surface area (Å²) in [7, 11) is 0. The summed E-state index contributed by atoms with van der Waals surface area (Å²) in [6.45, 7) is 5.87. The molecule has 5 aliphatic rings. The van der Waals surface area contributed by atoms with Crippen LogP contribution in [0.5, 0.6) is 0 Å². The number of carbonyl (C=O) groups is 2. The molecule has 32 heavy (non-hydrogen) atoms. The normalized spacial score (nSPS) is 53.2. The second-order valence-corrected chi connectivity index (χ2v) is 11.0. The van der Waals surface area contributed by atoms with Crippen LogP contribution < -0.4 is 0 Å². The smallest absolute Gasteiger partial charge is 0.193 e. The highest BCUT2D eigenvalue weighted by Crippen LogP contribution is 2.72. The number of halogens is 2. The first-order valence-electron chi connectivity index (χ1n) is 11.3. The molecule has 8 heteroatoms. The van der Waals surface area contributed by atoms with Crippen LogP contribution in [0.15, 0.2) is 23.8 Å². The van der Waals surface area contributed by atoms with Gasteiger partial charge in [0.15, 0.2) is 28.6 Å². The highest BCUT2D eigenvalue weighted by Gasteiger charge is 2.80. The number of fused-ring (bicyclic) bond motifs is 7. The van der Waals surface area contributed by atoms with Gasteiger partial charge in [-0.3, -0.25) is 9.59 Å². The number of allylic oxidation sites excluding steroid dienone is 4. The third-order valence-corrected chi connectivity index (χ3v) is 9.18. The Hall–Kier alpha value is -1.48. The fourth-order valence-electron chi connectivity index (χ4n) is 7.92. The van der Waals surface area contributed by atoms with E-state index in [1.165, 1.54) is 19.1 Å². The molecule has 1 saturated heterocycles. The average Bonchev–Trinajstić information content (AvgIpc) is 3.11. The molecular formula is C24H30F2O6. The molecule has 3 saturated carbocycles. The summed E-state index contributed by atoms with van der Waals surface area (Å²) in [5, 5.41) is 21.1. The van der Waals surface area contributed by atoms with E-state index in [9.17, 15) is 19.8 Å². The zero-order valence-corrected chi connectivity index (χ0v) is 18.7. The van der Waals surface area contributed by atoms with Gasteiger partial charge in [-0.05, 0) is 63.7 Å². The van der Waals surface area contributed by atoms with E-state index in [0.29, 0.717) is 0 Å². The number of rotatable bonds is 2. The van der Waals surface area contributed by atoms with Gasteiger partial charge in [0.25, 0.3) is 0 Å². The number of hydrogen-bond donors (Lipinski definition) is 2. The Labute approximate surface area is 185 Å². The lowest BCUT2D eigenvalue weighted by atomic mass is 9.44. The van der Waals surface area contributed by atoms with E-state index >= 15 is 8.78 Å². The summed E-state index contributed by atoms with van der Waals surface area (Å²) in [4.78, 5) is 25.1. The molecule has 0 spiro atoms. The predicted molar refractivity (Wildman–Crippen MR) is 109 cm³/mol. The molecule has 1 aliphatic heterocycles. The van der Waals surface area contributed by atoms with Gasteiger partial charge in [0, 0.05) is 16.7 Å². The molecule has 0 bridgehead atoms. The third-order valence-electron chi connectivity index (χ3n) is 9.18. The summed E-state index contributed by atoms with van der Waals surface area (Å²) < 4.78 is 44.8. The molecule has 176 valence electrons. The quantitative estimate of drug-likeness (QED) is 0.668. The van der Waals surface area contributed by atoms with Crippen LogP contribution >= 0.6 is 0 Å². The number of aliphatic hydroxyl groups is 2. The Morgan fingerprint density at radius 3 is 2.56 bits per heavy atom. The van der Waals surface area contributed by atoms with Crippen LogP contribution in [0.4, 0.5) is 8.78 Å². The van der Waals surface area contributed by atoms with Crippen molar-refractivity contribution in [3.8, 4) is 0 Å². The van der Waals surface area contributed by atoms with E-state index < -0.39 is 76.3 Å². The van der Waals surface area contributed by atoms with E-state index in [1.807, 2.05) is 0 Å². The number of aliphatic hydroxyl groups excluding tert-OH is 2. The van der Waals surface area contributed by atoms with Crippen molar-refractivity contribution in [2.45, 2.75) is 82.4 Å². The summed E-state index contributed by atoms with van der Waals surface area (Å²) in [5.74, 6) is -3.53. The Morgan fingerprint density at radius 2 is 1.91 bits per heavy atom. The number of ether oxygens (including phenoxy) is 2. The Bertz CT molecular complexity index is 960. The second-order valence-electron chi connectivity index (χ2n) is 11.0. The van der Waals surface area contributed by atoms with Crippen molar-refractivity contribution >= 4 is 11.6 Å². The number of alkyl halides is 2. The molecule has 6 nitrogen and oxygen atoms in total.